The van der Waals surface area contributed by atoms with E-state index in [-0.39, 0.29) is 5.41 Å². The predicted octanol–water partition coefficient (Wildman–Crippen LogP) is 9.89. The van der Waals surface area contributed by atoms with Crippen molar-refractivity contribution in [3.63, 3.8) is 0 Å². The summed E-state index contributed by atoms with van der Waals surface area (Å²) < 4.78 is 1.08. The van der Waals surface area contributed by atoms with Gasteiger partial charge in [0.2, 0.25) is 0 Å². The second-order valence-corrected chi connectivity index (χ2v) is 10.5. The standard InChI is InChI=1S/C33H26BrN/c1-33(2)31-17-7-6-16-29(31)30-22-28(18-19-32(30)33)35(26-13-4-3-5-14-26)27-15-9-11-24(21-27)23-10-8-12-25(34)20-23/h3-22H,1-2H3. The Balaban J connectivity index is 1.52. The molecule has 1 nitrogen and oxygen atoms in total. The Hall–Kier alpha value is -3.62. The fourth-order valence-electron chi connectivity index (χ4n) is 5.36. The first-order chi connectivity index (χ1) is 17.0. The minimum absolute atomic E-state index is 0.00262. The molecule has 0 saturated carbocycles. The van der Waals surface area contributed by atoms with Crippen molar-refractivity contribution >= 4 is 33.0 Å². The summed E-state index contributed by atoms with van der Waals surface area (Å²) in [6.45, 7) is 4.65. The van der Waals surface area contributed by atoms with E-state index >= 15 is 0 Å². The molecular formula is C33H26BrN. The number of para-hydroxylation sites is 1. The predicted molar refractivity (Wildman–Crippen MR) is 152 cm³/mol. The van der Waals surface area contributed by atoms with Gasteiger partial charge in [-0.05, 0) is 81.9 Å². The van der Waals surface area contributed by atoms with Crippen molar-refractivity contribution in [3.05, 3.63) is 137 Å². The molecule has 5 aromatic rings. The quantitative estimate of drug-likeness (QED) is 0.230. The first-order valence-electron chi connectivity index (χ1n) is 12.0. The summed E-state index contributed by atoms with van der Waals surface area (Å²) in [6.07, 6.45) is 0. The van der Waals surface area contributed by atoms with E-state index in [4.69, 9.17) is 0 Å². The summed E-state index contributed by atoms with van der Waals surface area (Å²) >= 11 is 3.62. The molecule has 0 spiro atoms. The highest BCUT2D eigenvalue weighted by Crippen LogP contribution is 2.50. The van der Waals surface area contributed by atoms with Gasteiger partial charge in [-0.2, -0.15) is 0 Å². The summed E-state index contributed by atoms with van der Waals surface area (Å²) in [4.78, 5) is 2.36. The fourth-order valence-corrected chi connectivity index (χ4v) is 5.76. The smallest absolute Gasteiger partial charge is 0.0468 e. The lowest BCUT2D eigenvalue weighted by atomic mass is 9.82. The molecule has 6 rings (SSSR count). The third-order valence-corrected chi connectivity index (χ3v) is 7.60. The van der Waals surface area contributed by atoms with E-state index in [2.05, 4.69) is 156 Å². The van der Waals surface area contributed by atoms with Crippen LogP contribution in [0.1, 0.15) is 25.0 Å². The van der Waals surface area contributed by atoms with Crippen LogP contribution in [-0.2, 0) is 5.41 Å². The maximum Gasteiger partial charge on any atom is 0.0468 e. The van der Waals surface area contributed by atoms with Crippen LogP contribution in [0.5, 0.6) is 0 Å². The zero-order valence-corrected chi connectivity index (χ0v) is 21.5. The SMILES string of the molecule is CC1(C)c2ccccc2-c2cc(N(c3ccccc3)c3cccc(-c4cccc(Br)c4)c3)ccc21. The molecule has 0 heterocycles. The number of fused-ring (bicyclic) bond motifs is 3. The minimum Gasteiger partial charge on any atom is -0.310 e. The van der Waals surface area contributed by atoms with Crippen molar-refractivity contribution in [2.75, 3.05) is 4.90 Å². The molecule has 1 aliphatic carbocycles. The van der Waals surface area contributed by atoms with Crippen molar-refractivity contribution < 1.29 is 0 Å². The van der Waals surface area contributed by atoms with Crippen LogP contribution in [0.25, 0.3) is 22.3 Å². The fraction of sp³-hybridized carbons (Fsp3) is 0.0909. The zero-order chi connectivity index (χ0) is 24.0. The van der Waals surface area contributed by atoms with Crippen LogP contribution in [-0.4, -0.2) is 0 Å². The summed E-state index contributed by atoms with van der Waals surface area (Å²) in [5.41, 5.74) is 11.3. The molecule has 0 saturated heterocycles. The molecule has 2 heteroatoms. The molecule has 0 radical (unpaired) electrons. The Morgan fingerprint density at radius 1 is 0.514 bits per heavy atom. The van der Waals surface area contributed by atoms with Crippen molar-refractivity contribution in [1.82, 2.24) is 0 Å². The molecule has 0 bridgehead atoms. The average Bonchev–Trinajstić information content (AvgIpc) is 3.12. The molecule has 0 atom stereocenters. The molecule has 35 heavy (non-hydrogen) atoms. The summed E-state index contributed by atoms with van der Waals surface area (Å²) in [6, 6.07) is 43.7. The van der Waals surface area contributed by atoms with Gasteiger partial charge in [-0.15, -0.1) is 0 Å². The van der Waals surface area contributed by atoms with Crippen molar-refractivity contribution in [1.29, 1.82) is 0 Å². The lowest BCUT2D eigenvalue weighted by molar-refractivity contribution is 0.660. The number of benzene rings is 5. The van der Waals surface area contributed by atoms with Gasteiger partial charge >= 0.3 is 0 Å². The minimum atomic E-state index is 0.00262. The van der Waals surface area contributed by atoms with E-state index in [1.165, 1.54) is 33.4 Å². The Bertz CT molecular complexity index is 1530. The first-order valence-corrected chi connectivity index (χ1v) is 12.8. The van der Waals surface area contributed by atoms with Gasteiger partial charge in [0, 0.05) is 26.9 Å². The van der Waals surface area contributed by atoms with Gasteiger partial charge in [0.25, 0.3) is 0 Å². The van der Waals surface area contributed by atoms with Crippen molar-refractivity contribution in [2.45, 2.75) is 19.3 Å². The van der Waals surface area contributed by atoms with Gasteiger partial charge in [0.1, 0.15) is 0 Å². The molecule has 170 valence electrons. The third kappa shape index (κ3) is 3.79. The number of hydrogen-bond acceptors (Lipinski definition) is 1. The molecule has 0 fully saturated rings. The van der Waals surface area contributed by atoms with E-state index in [0.717, 1.165) is 21.5 Å². The number of anilines is 3. The number of halogens is 1. The molecular weight excluding hydrogens is 490 g/mol. The molecule has 0 amide bonds. The lowest BCUT2D eigenvalue weighted by Gasteiger charge is -2.27. The number of hydrogen-bond donors (Lipinski definition) is 0. The Morgan fingerprint density at radius 2 is 1.14 bits per heavy atom. The number of rotatable bonds is 4. The van der Waals surface area contributed by atoms with Crippen LogP contribution in [0.2, 0.25) is 0 Å². The Labute approximate surface area is 215 Å². The molecule has 0 unspecified atom stereocenters. The topological polar surface area (TPSA) is 3.24 Å². The molecule has 0 aromatic heterocycles. The van der Waals surface area contributed by atoms with Gasteiger partial charge in [0.05, 0.1) is 0 Å². The summed E-state index contributed by atoms with van der Waals surface area (Å²) in [5.74, 6) is 0. The van der Waals surface area contributed by atoms with E-state index in [0.29, 0.717) is 0 Å². The van der Waals surface area contributed by atoms with Gasteiger partial charge in [-0.1, -0.05) is 103 Å². The van der Waals surface area contributed by atoms with Crippen LogP contribution in [0.3, 0.4) is 0 Å². The molecule has 0 aliphatic heterocycles. The van der Waals surface area contributed by atoms with E-state index in [9.17, 15) is 0 Å². The highest BCUT2D eigenvalue weighted by atomic mass is 79.9. The van der Waals surface area contributed by atoms with E-state index in [1.807, 2.05) is 0 Å². The second-order valence-electron chi connectivity index (χ2n) is 9.63. The van der Waals surface area contributed by atoms with Gasteiger partial charge < -0.3 is 4.90 Å². The molecule has 1 aliphatic rings. The monoisotopic (exact) mass is 515 g/mol. The van der Waals surface area contributed by atoms with Crippen LogP contribution in [0.4, 0.5) is 17.1 Å². The van der Waals surface area contributed by atoms with Crippen molar-refractivity contribution in [2.24, 2.45) is 0 Å². The number of nitrogens with zero attached hydrogens (tertiary/aromatic N) is 1. The summed E-state index contributed by atoms with van der Waals surface area (Å²) in [7, 11) is 0. The maximum absolute atomic E-state index is 3.62. The Morgan fingerprint density at radius 3 is 1.94 bits per heavy atom. The summed E-state index contributed by atoms with van der Waals surface area (Å²) in [5, 5.41) is 0. The van der Waals surface area contributed by atoms with E-state index < -0.39 is 0 Å². The third-order valence-electron chi connectivity index (χ3n) is 7.10. The first kappa shape index (κ1) is 21.9. The normalized spacial score (nSPS) is 13.2. The van der Waals surface area contributed by atoms with Crippen LogP contribution >= 0.6 is 15.9 Å². The highest BCUT2D eigenvalue weighted by Gasteiger charge is 2.35. The average molecular weight is 516 g/mol. The zero-order valence-electron chi connectivity index (χ0n) is 19.9. The van der Waals surface area contributed by atoms with Crippen LogP contribution in [0.15, 0.2) is 126 Å². The molecule has 0 N–H and O–H groups in total. The van der Waals surface area contributed by atoms with E-state index in [1.54, 1.807) is 0 Å². The van der Waals surface area contributed by atoms with Crippen molar-refractivity contribution in [3.8, 4) is 22.3 Å². The highest BCUT2D eigenvalue weighted by molar-refractivity contribution is 9.10. The largest absolute Gasteiger partial charge is 0.310 e. The molecule has 5 aromatic carbocycles. The van der Waals surface area contributed by atoms with Crippen LogP contribution in [0, 0.1) is 0 Å². The van der Waals surface area contributed by atoms with Crippen LogP contribution < -0.4 is 4.90 Å². The van der Waals surface area contributed by atoms with Gasteiger partial charge in [-0.3, -0.25) is 0 Å². The second kappa shape index (κ2) is 8.55. The van der Waals surface area contributed by atoms with Gasteiger partial charge in [-0.25, -0.2) is 0 Å². The maximum atomic E-state index is 3.62. The Kier molecular flexibility index (Phi) is 5.35. The van der Waals surface area contributed by atoms with Gasteiger partial charge in [0.15, 0.2) is 0 Å². The lowest BCUT2D eigenvalue weighted by Crippen LogP contribution is -2.15.